The quantitative estimate of drug-likeness (QED) is 0.0457. The molecule has 1 aromatic carbocycles. The lowest BCUT2D eigenvalue weighted by Crippen LogP contribution is -2.56. The number of Topliss-reactive ketones (excluding diaryl/α,β-unsaturated/α-hetero) is 1. The second-order valence-corrected chi connectivity index (χ2v) is 18.9. The topological polar surface area (TPSA) is 213 Å². The van der Waals surface area contributed by atoms with Gasteiger partial charge in [0, 0.05) is 50.0 Å². The average molecular weight is 898 g/mol. The Labute approximate surface area is 377 Å². The number of thioether (sulfide) groups is 1. The van der Waals surface area contributed by atoms with Crippen LogP contribution >= 0.6 is 11.8 Å². The number of nitrogens with one attached hydrogen (secondary N) is 6. The number of carbonyl (C=O) groups excluding carboxylic acids is 7. The number of benzene rings is 1. The number of ketones is 1. The van der Waals surface area contributed by atoms with E-state index < -0.39 is 36.4 Å². The van der Waals surface area contributed by atoms with Crippen LogP contribution in [-0.2, 0) is 28.7 Å². The Morgan fingerprint density at radius 3 is 2.19 bits per heavy atom. The molecule has 0 spiro atoms. The molecule has 0 bridgehead atoms. The molecule has 16 nitrogen and oxygen atoms in total. The van der Waals surface area contributed by atoms with Gasteiger partial charge < -0.3 is 46.3 Å². The number of carbonyl (C=O) groups is 7. The highest BCUT2D eigenvalue weighted by molar-refractivity contribution is 8.00. The van der Waals surface area contributed by atoms with Crippen molar-refractivity contribution in [2.24, 2.45) is 5.92 Å². The van der Waals surface area contributed by atoms with Crippen LogP contribution in [-0.4, -0.2) is 128 Å². The molecule has 0 unspecified atom stereocenters. The Morgan fingerprint density at radius 1 is 0.825 bits per heavy atom. The van der Waals surface area contributed by atoms with E-state index in [1.165, 1.54) is 0 Å². The zero-order valence-corrected chi connectivity index (χ0v) is 38.2. The molecule has 5 rings (SSSR count). The zero-order valence-electron chi connectivity index (χ0n) is 37.4. The molecule has 3 saturated heterocycles. The minimum Gasteiger partial charge on any atom is -0.454 e. The van der Waals surface area contributed by atoms with Gasteiger partial charge in [0.2, 0.25) is 17.7 Å². The number of ether oxygens (including phenoxy) is 2. The number of esters is 1. The highest BCUT2D eigenvalue weighted by atomic mass is 32.2. The minimum absolute atomic E-state index is 0.0391. The van der Waals surface area contributed by atoms with Gasteiger partial charge in [-0.3, -0.25) is 19.2 Å². The molecular weight excluding hydrogens is 827 g/mol. The first-order valence-corrected chi connectivity index (χ1v) is 24.4. The third kappa shape index (κ3) is 16.6. The monoisotopic (exact) mass is 898 g/mol. The maximum atomic E-state index is 14.0. The summed E-state index contributed by atoms with van der Waals surface area (Å²) < 4.78 is 10.9. The number of unbranched alkanes of at least 4 members (excludes halogenated alkanes) is 4. The lowest BCUT2D eigenvalue weighted by Gasteiger charge is -2.31. The average Bonchev–Trinajstić information content (AvgIpc) is 3.84. The van der Waals surface area contributed by atoms with Gasteiger partial charge in [-0.25, -0.2) is 14.4 Å². The maximum absolute atomic E-state index is 14.0. The number of urea groups is 2. The van der Waals surface area contributed by atoms with Crippen LogP contribution in [0.5, 0.6) is 0 Å². The van der Waals surface area contributed by atoms with E-state index in [9.17, 15) is 33.6 Å². The fraction of sp³-hybridized carbons (Fsp3) is 0.717. The van der Waals surface area contributed by atoms with E-state index in [0.717, 1.165) is 81.1 Å². The lowest BCUT2D eigenvalue weighted by atomic mass is 9.84. The second-order valence-electron chi connectivity index (χ2n) is 17.6. The van der Waals surface area contributed by atoms with Crippen molar-refractivity contribution in [1.82, 2.24) is 36.8 Å². The molecule has 7 amide bonds. The highest BCUT2D eigenvalue weighted by Crippen LogP contribution is 2.33. The fourth-order valence-corrected chi connectivity index (χ4v) is 10.5. The number of amides is 7. The smallest absolute Gasteiger partial charge is 0.339 e. The lowest BCUT2D eigenvalue weighted by molar-refractivity contribution is -0.130. The molecule has 4 fully saturated rings. The maximum Gasteiger partial charge on any atom is 0.339 e. The number of aryl methyl sites for hydroxylation is 2. The van der Waals surface area contributed by atoms with E-state index in [1.54, 1.807) is 30.9 Å². The summed E-state index contributed by atoms with van der Waals surface area (Å²) >= 11 is 1.88. The summed E-state index contributed by atoms with van der Waals surface area (Å²) in [7, 11) is 0. The molecule has 3 aliphatic heterocycles. The predicted molar refractivity (Wildman–Crippen MR) is 241 cm³/mol. The summed E-state index contributed by atoms with van der Waals surface area (Å²) in [6.45, 7) is 5.78. The Bertz CT molecular complexity index is 1680. The summed E-state index contributed by atoms with van der Waals surface area (Å²) in [5.41, 5.74) is 1.88. The molecular formula is C46H71N7O9S. The van der Waals surface area contributed by atoms with Gasteiger partial charge in [0.05, 0.1) is 36.9 Å². The number of hydrogen-bond acceptors (Lipinski definition) is 10. The number of hydrogen-bond donors (Lipinski definition) is 6. The zero-order chi connectivity index (χ0) is 45.0. The van der Waals surface area contributed by atoms with Gasteiger partial charge in [0.25, 0.3) is 0 Å². The van der Waals surface area contributed by atoms with Crippen molar-refractivity contribution in [2.75, 3.05) is 51.8 Å². The number of nitrogens with zero attached hydrogens (tertiary/aromatic N) is 1. The third-order valence-electron chi connectivity index (χ3n) is 12.7. The van der Waals surface area contributed by atoms with Gasteiger partial charge in [0.1, 0.15) is 6.04 Å². The summed E-state index contributed by atoms with van der Waals surface area (Å²) in [5.74, 6) is -0.325. The molecule has 5 atom stereocenters. The van der Waals surface area contributed by atoms with Crippen LogP contribution in [0.3, 0.4) is 0 Å². The van der Waals surface area contributed by atoms with E-state index in [1.807, 2.05) is 17.8 Å². The van der Waals surface area contributed by atoms with Gasteiger partial charge in [-0.15, -0.1) is 0 Å². The van der Waals surface area contributed by atoms with Crippen LogP contribution in [0.2, 0.25) is 0 Å². The van der Waals surface area contributed by atoms with Gasteiger partial charge in [-0.2, -0.15) is 11.8 Å². The summed E-state index contributed by atoms with van der Waals surface area (Å²) in [5, 5.41) is 18.2. The molecule has 350 valence electrons. The standard InChI is InChI=1S/C46H71N7O9S/c1-31-14-13-15-32(2)41(31)44(58)62-29-37(54)34(49-43(57)35(28-33-16-5-3-6-17-33)51-46(60)53-24-26-61-27-25-53)18-10-12-23-48-39(55)20-7-4-11-22-47-40(56)21-9-8-19-38-42-36(30-63-38)50-45(59)52-42/h13-15,33-36,38,42H,3-12,16-30H2,1-2H3,(H,47,56)(H,48,55)(H,49,57)(H,51,60)(H2,50,52,59)/t34-,35-,36-,38-,42-/m0/s1. The summed E-state index contributed by atoms with van der Waals surface area (Å²) in [6.07, 6.45) is 12.9. The third-order valence-corrected chi connectivity index (χ3v) is 14.2. The number of rotatable bonds is 25. The normalized spacial score (nSPS) is 20.7. The van der Waals surface area contributed by atoms with Crippen LogP contribution in [0, 0.1) is 19.8 Å². The molecule has 6 N–H and O–H groups in total. The SMILES string of the molecule is Cc1cccc(C)c1C(=O)OCC(=O)[C@H](CCCCNC(=O)CCCCCNC(=O)CCCC[C@@H]1SC[C@@H]2NC(=O)N[C@@H]21)NC(=O)[C@H](CC1CCCCC1)NC(=O)N1CCOCC1. The number of morpholine rings is 1. The van der Waals surface area contributed by atoms with Crippen molar-refractivity contribution in [3.05, 3.63) is 34.9 Å². The van der Waals surface area contributed by atoms with Crippen molar-refractivity contribution >= 4 is 53.3 Å². The van der Waals surface area contributed by atoms with E-state index >= 15 is 0 Å². The van der Waals surface area contributed by atoms with E-state index in [0.29, 0.717) is 88.7 Å². The van der Waals surface area contributed by atoms with Gasteiger partial charge in [-0.05, 0) is 82.3 Å². The minimum atomic E-state index is -0.965. The number of fused-ring (bicyclic) bond motifs is 1. The fourth-order valence-electron chi connectivity index (χ4n) is 8.99. The van der Waals surface area contributed by atoms with Crippen molar-refractivity contribution in [1.29, 1.82) is 0 Å². The first-order valence-electron chi connectivity index (χ1n) is 23.4. The molecule has 0 radical (unpaired) electrons. The van der Waals surface area contributed by atoms with E-state index in [-0.39, 0.29) is 48.3 Å². The van der Waals surface area contributed by atoms with Gasteiger partial charge in [-0.1, -0.05) is 63.1 Å². The first kappa shape index (κ1) is 49.6. The van der Waals surface area contributed by atoms with Crippen LogP contribution in [0.25, 0.3) is 0 Å². The van der Waals surface area contributed by atoms with Crippen molar-refractivity contribution in [3.63, 3.8) is 0 Å². The van der Waals surface area contributed by atoms with Crippen LogP contribution in [0.4, 0.5) is 9.59 Å². The molecule has 0 aromatic heterocycles. The largest absolute Gasteiger partial charge is 0.454 e. The van der Waals surface area contributed by atoms with Crippen LogP contribution < -0.4 is 31.9 Å². The highest BCUT2D eigenvalue weighted by Gasteiger charge is 2.42. The van der Waals surface area contributed by atoms with Gasteiger partial charge in [0.15, 0.2) is 12.4 Å². The first-order chi connectivity index (χ1) is 30.5. The van der Waals surface area contributed by atoms with Crippen molar-refractivity contribution in [2.45, 2.75) is 152 Å². The van der Waals surface area contributed by atoms with Crippen LogP contribution in [0.1, 0.15) is 131 Å². The van der Waals surface area contributed by atoms with Crippen molar-refractivity contribution in [3.8, 4) is 0 Å². The molecule has 1 aromatic rings. The molecule has 4 aliphatic rings. The Morgan fingerprint density at radius 2 is 1.49 bits per heavy atom. The molecule has 63 heavy (non-hydrogen) atoms. The molecule has 3 heterocycles. The Hall–Kier alpha value is -4.38. The van der Waals surface area contributed by atoms with Crippen LogP contribution in [0.15, 0.2) is 18.2 Å². The molecule has 17 heteroatoms. The van der Waals surface area contributed by atoms with E-state index in [4.69, 9.17) is 9.47 Å². The summed E-state index contributed by atoms with van der Waals surface area (Å²) in [4.78, 5) is 92.2. The molecule has 1 saturated carbocycles. The second kappa shape index (κ2) is 26.4. The van der Waals surface area contributed by atoms with Crippen molar-refractivity contribution < 1.29 is 43.0 Å². The Kier molecular flexibility index (Phi) is 20.8. The van der Waals surface area contributed by atoms with Gasteiger partial charge >= 0.3 is 18.0 Å². The summed E-state index contributed by atoms with van der Waals surface area (Å²) in [6, 6.07) is 3.64. The predicted octanol–water partition coefficient (Wildman–Crippen LogP) is 4.58. The molecule has 1 aliphatic carbocycles. The Balaban J connectivity index is 1.01. The van der Waals surface area contributed by atoms with E-state index in [2.05, 4.69) is 31.9 Å².